The molecule has 1 fully saturated rings. The maximum absolute atomic E-state index is 5.68. The number of anilines is 1. The molecule has 2 rings (SSSR count). The molecule has 17 heavy (non-hydrogen) atoms. The van der Waals surface area contributed by atoms with Crippen molar-refractivity contribution < 1.29 is 4.74 Å². The van der Waals surface area contributed by atoms with E-state index in [9.17, 15) is 0 Å². The second-order valence-corrected chi connectivity index (χ2v) is 4.79. The van der Waals surface area contributed by atoms with E-state index in [1.54, 1.807) is 0 Å². The fourth-order valence-corrected chi connectivity index (χ4v) is 2.38. The molecule has 1 aliphatic rings. The molecule has 3 nitrogen and oxygen atoms in total. The van der Waals surface area contributed by atoms with Gasteiger partial charge in [0.25, 0.3) is 0 Å². The van der Waals surface area contributed by atoms with Crippen molar-refractivity contribution in [2.45, 2.75) is 25.9 Å². The van der Waals surface area contributed by atoms with Crippen molar-refractivity contribution in [3.63, 3.8) is 0 Å². The van der Waals surface area contributed by atoms with Crippen molar-refractivity contribution in [2.24, 2.45) is 0 Å². The van der Waals surface area contributed by atoms with Crippen molar-refractivity contribution >= 4 is 17.3 Å². The van der Waals surface area contributed by atoms with E-state index < -0.39 is 0 Å². The van der Waals surface area contributed by atoms with Crippen LogP contribution in [0.15, 0.2) is 18.5 Å². The number of aromatic nitrogens is 1. The molecule has 0 N–H and O–H groups in total. The standard InChI is InChI=1S/C13H19ClN2O/c1-11-10-15-6-2-13(11)16-7-3-12(4-8-16)17-9-5-14/h2,6,10,12H,3-5,7-9H2,1H3. The maximum atomic E-state index is 5.68. The van der Waals surface area contributed by atoms with Crippen LogP contribution in [0.25, 0.3) is 0 Å². The smallest absolute Gasteiger partial charge is 0.0609 e. The Balaban J connectivity index is 1.89. The molecule has 1 aromatic heterocycles. The van der Waals surface area contributed by atoms with Gasteiger partial charge in [0.1, 0.15) is 0 Å². The lowest BCUT2D eigenvalue weighted by Crippen LogP contribution is -2.37. The topological polar surface area (TPSA) is 25.4 Å². The lowest BCUT2D eigenvalue weighted by molar-refractivity contribution is 0.0471. The van der Waals surface area contributed by atoms with E-state index in [-0.39, 0.29) is 0 Å². The summed E-state index contributed by atoms with van der Waals surface area (Å²) in [5.41, 5.74) is 2.54. The van der Waals surface area contributed by atoms with Gasteiger partial charge in [-0.05, 0) is 31.4 Å². The van der Waals surface area contributed by atoms with Gasteiger partial charge in [-0.15, -0.1) is 11.6 Å². The van der Waals surface area contributed by atoms with Gasteiger partial charge in [-0.1, -0.05) is 0 Å². The molecule has 0 bridgehead atoms. The molecule has 0 amide bonds. The van der Waals surface area contributed by atoms with Crippen molar-refractivity contribution in [3.8, 4) is 0 Å². The van der Waals surface area contributed by atoms with E-state index in [0.29, 0.717) is 18.6 Å². The largest absolute Gasteiger partial charge is 0.377 e. The normalized spacial score (nSPS) is 17.4. The number of hydrogen-bond donors (Lipinski definition) is 0. The molecule has 1 aromatic rings. The molecular weight excluding hydrogens is 236 g/mol. The van der Waals surface area contributed by atoms with Crippen LogP contribution in [0.3, 0.4) is 0 Å². The lowest BCUT2D eigenvalue weighted by atomic mass is 10.1. The van der Waals surface area contributed by atoms with Crippen molar-refractivity contribution in [2.75, 3.05) is 30.5 Å². The molecule has 4 heteroatoms. The number of pyridine rings is 1. The third-order valence-electron chi connectivity index (χ3n) is 3.20. The SMILES string of the molecule is Cc1cnccc1N1CCC(OCCCl)CC1. The van der Waals surface area contributed by atoms with Crippen LogP contribution in [-0.2, 0) is 4.74 Å². The Labute approximate surface area is 108 Å². The highest BCUT2D eigenvalue weighted by molar-refractivity contribution is 6.17. The number of aryl methyl sites for hydroxylation is 1. The Hall–Kier alpha value is -0.800. The van der Waals surface area contributed by atoms with Gasteiger partial charge in [-0.25, -0.2) is 0 Å². The maximum Gasteiger partial charge on any atom is 0.0609 e. The number of rotatable bonds is 4. The van der Waals surface area contributed by atoms with Crippen LogP contribution in [0.1, 0.15) is 18.4 Å². The first kappa shape index (κ1) is 12.7. The summed E-state index contributed by atoms with van der Waals surface area (Å²) in [7, 11) is 0. The average molecular weight is 255 g/mol. The fourth-order valence-electron chi connectivity index (χ4n) is 2.30. The van der Waals surface area contributed by atoms with E-state index in [4.69, 9.17) is 16.3 Å². The molecule has 94 valence electrons. The Kier molecular flexibility index (Phi) is 4.63. The second-order valence-electron chi connectivity index (χ2n) is 4.41. The molecule has 0 aromatic carbocycles. The summed E-state index contributed by atoms with van der Waals surface area (Å²) >= 11 is 5.62. The van der Waals surface area contributed by atoms with Crippen LogP contribution in [0.4, 0.5) is 5.69 Å². The van der Waals surface area contributed by atoms with Gasteiger partial charge in [-0.3, -0.25) is 4.98 Å². The lowest BCUT2D eigenvalue weighted by Gasteiger charge is -2.34. The number of piperidine rings is 1. The monoisotopic (exact) mass is 254 g/mol. The Morgan fingerprint density at radius 2 is 2.24 bits per heavy atom. The fraction of sp³-hybridized carbons (Fsp3) is 0.615. The predicted octanol–water partition coefficient (Wildman–Crippen LogP) is 2.61. The van der Waals surface area contributed by atoms with Crippen LogP contribution in [0.5, 0.6) is 0 Å². The highest BCUT2D eigenvalue weighted by Crippen LogP contribution is 2.23. The third-order valence-corrected chi connectivity index (χ3v) is 3.36. The quantitative estimate of drug-likeness (QED) is 0.773. The molecule has 0 atom stereocenters. The summed E-state index contributed by atoms with van der Waals surface area (Å²) in [5.74, 6) is 0.587. The zero-order chi connectivity index (χ0) is 12.1. The molecule has 2 heterocycles. The zero-order valence-electron chi connectivity index (χ0n) is 10.2. The van der Waals surface area contributed by atoms with Crippen LogP contribution >= 0.6 is 11.6 Å². The molecule has 0 unspecified atom stereocenters. The first-order chi connectivity index (χ1) is 8.31. The van der Waals surface area contributed by atoms with Gasteiger partial charge < -0.3 is 9.64 Å². The summed E-state index contributed by atoms with van der Waals surface area (Å²) in [6.45, 7) is 4.88. The summed E-state index contributed by atoms with van der Waals surface area (Å²) in [6, 6.07) is 2.09. The molecule has 1 saturated heterocycles. The number of nitrogens with zero attached hydrogens (tertiary/aromatic N) is 2. The van der Waals surface area contributed by atoms with Gasteiger partial charge in [-0.2, -0.15) is 0 Å². The summed E-state index contributed by atoms with van der Waals surface area (Å²) < 4.78 is 5.68. The van der Waals surface area contributed by atoms with Crippen LogP contribution < -0.4 is 4.90 Å². The minimum Gasteiger partial charge on any atom is -0.377 e. The zero-order valence-corrected chi connectivity index (χ0v) is 11.0. The van der Waals surface area contributed by atoms with Gasteiger partial charge >= 0.3 is 0 Å². The van der Waals surface area contributed by atoms with Gasteiger partial charge in [0.15, 0.2) is 0 Å². The minimum atomic E-state index is 0.382. The van der Waals surface area contributed by atoms with E-state index >= 15 is 0 Å². The number of ether oxygens (including phenoxy) is 1. The van der Waals surface area contributed by atoms with Gasteiger partial charge in [0.05, 0.1) is 12.7 Å². The van der Waals surface area contributed by atoms with Crippen molar-refractivity contribution in [1.82, 2.24) is 4.98 Å². The number of alkyl halides is 1. The Bertz CT molecular complexity index is 351. The number of hydrogen-bond acceptors (Lipinski definition) is 3. The van der Waals surface area contributed by atoms with Gasteiger partial charge in [0.2, 0.25) is 0 Å². The summed E-state index contributed by atoms with van der Waals surface area (Å²) in [6.07, 6.45) is 6.33. The van der Waals surface area contributed by atoms with E-state index in [1.807, 2.05) is 12.4 Å². The highest BCUT2D eigenvalue weighted by atomic mass is 35.5. The molecule has 0 aliphatic carbocycles. The molecule has 0 saturated carbocycles. The van der Waals surface area contributed by atoms with Crippen LogP contribution in [-0.4, -0.2) is 36.7 Å². The third kappa shape index (κ3) is 3.33. The molecular formula is C13H19ClN2O. The first-order valence-corrected chi connectivity index (χ1v) is 6.68. The summed E-state index contributed by atoms with van der Waals surface area (Å²) in [4.78, 5) is 6.54. The van der Waals surface area contributed by atoms with Crippen LogP contribution in [0.2, 0.25) is 0 Å². The van der Waals surface area contributed by atoms with E-state index in [1.165, 1.54) is 11.3 Å². The molecule has 0 radical (unpaired) electrons. The van der Waals surface area contributed by atoms with Gasteiger partial charge in [0, 0.05) is 37.1 Å². The average Bonchev–Trinajstić information content (AvgIpc) is 2.38. The Morgan fingerprint density at radius 3 is 2.88 bits per heavy atom. The first-order valence-electron chi connectivity index (χ1n) is 6.14. The van der Waals surface area contributed by atoms with Crippen LogP contribution in [0, 0.1) is 6.92 Å². The highest BCUT2D eigenvalue weighted by Gasteiger charge is 2.20. The van der Waals surface area contributed by atoms with Crippen molar-refractivity contribution in [1.29, 1.82) is 0 Å². The second kappa shape index (κ2) is 6.22. The van der Waals surface area contributed by atoms with Crippen molar-refractivity contribution in [3.05, 3.63) is 24.0 Å². The predicted molar refractivity (Wildman–Crippen MR) is 70.9 cm³/mol. The Morgan fingerprint density at radius 1 is 1.47 bits per heavy atom. The molecule has 0 spiro atoms. The van der Waals surface area contributed by atoms with E-state index in [2.05, 4.69) is 22.9 Å². The minimum absolute atomic E-state index is 0.382. The molecule has 1 aliphatic heterocycles. The summed E-state index contributed by atoms with van der Waals surface area (Å²) in [5, 5.41) is 0. The van der Waals surface area contributed by atoms with E-state index in [0.717, 1.165) is 25.9 Å². The number of halogens is 1.